The van der Waals surface area contributed by atoms with Crippen LogP contribution < -0.4 is 16.0 Å². The van der Waals surface area contributed by atoms with E-state index in [1.54, 1.807) is 0 Å². The molecular weight excluding hydrogens is 398 g/mol. The number of aryl methyl sites for hydroxylation is 3. The highest BCUT2D eigenvalue weighted by atomic mass is 16.2. The standard InChI is InChI=1S/C27H31N3O2/c1-18-13-15-23(16-14-18)26(22-11-6-5-7-12-22)29-21(4)27(32)28-17-24(31)30-25-19(2)9-8-10-20(25)3/h5-16,21,26,29H,17H2,1-4H3,(H,28,32)(H,30,31)/p+1/t21-,26-/m1/s1. The van der Waals surface area contributed by atoms with E-state index in [0.717, 1.165) is 27.9 Å². The number of carbonyl (C=O) groups is 2. The van der Waals surface area contributed by atoms with Crippen LogP contribution in [0.25, 0.3) is 0 Å². The first-order valence-corrected chi connectivity index (χ1v) is 11.0. The third-order valence-electron chi connectivity index (χ3n) is 5.66. The maximum absolute atomic E-state index is 12.8. The number of amides is 2. The van der Waals surface area contributed by atoms with Gasteiger partial charge < -0.3 is 16.0 Å². The van der Waals surface area contributed by atoms with Crippen LogP contribution in [0.2, 0.25) is 0 Å². The van der Waals surface area contributed by atoms with E-state index in [1.165, 1.54) is 5.56 Å². The molecule has 0 aliphatic carbocycles. The van der Waals surface area contributed by atoms with Crippen molar-refractivity contribution in [2.24, 2.45) is 0 Å². The van der Waals surface area contributed by atoms with Crippen molar-refractivity contribution in [3.8, 4) is 0 Å². The predicted octanol–water partition coefficient (Wildman–Crippen LogP) is 3.41. The fraction of sp³-hybridized carbons (Fsp3) is 0.259. The number of para-hydroxylation sites is 1. The SMILES string of the molecule is Cc1ccc([C@H]([NH2+][C@H](C)C(=O)NCC(=O)Nc2c(C)cccc2C)c2ccccc2)cc1. The van der Waals surface area contributed by atoms with E-state index >= 15 is 0 Å². The van der Waals surface area contributed by atoms with Crippen molar-refractivity contribution in [1.82, 2.24) is 5.32 Å². The van der Waals surface area contributed by atoms with Crippen LogP contribution >= 0.6 is 0 Å². The Labute approximate surface area is 190 Å². The van der Waals surface area contributed by atoms with Gasteiger partial charge in [-0.3, -0.25) is 9.59 Å². The lowest BCUT2D eigenvalue weighted by Gasteiger charge is -2.21. The highest BCUT2D eigenvalue weighted by Gasteiger charge is 2.25. The van der Waals surface area contributed by atoms with E-state index in [9.17, 15) is 9.59 Å². The Morgan fingerprint density at radius 2 is 1.41 bits per heavy atom. The van der Waals surface area contributed by atoms with E-state index in [1.807, 2.05) is 62.5 Å². The predicted molar refractivity (Wildman–Crippen MR) is 128 cm³/mol. The molecule has 0 saturated carbocycles. The molecule has 5 nitrogen and oxygen atoms in total. The molecule has 166 valence electrons. The van der Waals surface area contributed by atoms with Crippen molar-refractivity contribution < 1.29 is 14.9 Å². The van der Waals surface area contributed by atoms with Crippen LogP contribution in [0.3, 0.4) is 0 Å². The van der Waals surface area contributed by atoms with Gasteiger partial charge in [-0.1, -0.05) is 78.4 Å². The number of nitrogens with one attached hydrogen (secondary N) is 2. The zero-order valence-corrected chi connectivity index (χ0v) is 19.2. The van der Waals surface area contributed by atoms with E-state index in [4.69, 9.17) is 0 Å². The maximum atomic E-state index is 12.8. The first-order valence-electron chi connectivity index (χ1n) is 11.0. The summed E-state index contributed by atoms with van der Waals surface area (Å²) in [5, 5.41) is 7.72. The van der Waals surface area contributed by atoms with Gasteiger partial charge in [-0.05, 0) is 38.8 Å². The van der Waals surface area contributed by atoms with Crippen LogP contribution in [0.15, 0.2) is 72.8 Å². The molecule has 0 aliphatic heterocycles. The summed E-state index contributed by atoms with van der Waals surface area (Å²) in [4.78, 5) is 25.2. The molecule has 3 aromatic rings. The largest absolute Gasteiger partial charge is 0.342 e. The number of hydrogen-bond donors (Lipinski definition) is 3. The fourth-order valence-corrected chi connectivity index (χ4v) is 3.75. The molecular formula is C27H32N3O2+. The summed E-state index contributed by atoms with van der Waals surface area (Å²) in [5.74, 6) is -0.407. The Bertz CT molecular complexity index is 1040. The molecule has 0 aromatic heterocycles. The minimum Gasteiger partial charge on any atom is -0.342 e. The number of nitrogens with two attached hydrogens (primary N) is 1. The second-order valence-corrected chi connectivity index (χ2v) is 8.31. The molecule has 0 bridgehead atoms. The Balaban J connectivity index is 1.63. The smallest absolute Gasteiger partial charge is 0.278 e. The van der Waals surface area contributed by atoms with Gasteiger partial charge in [0, 0.05) is 16.8 Å². The number of hydrogen-bond acceptors (Lipinski definition) is 2. The summed E-state index contributed by atoms with van der Waals surface area (Å²) >= 11 is 0. The Hall–Kier alpha value is -3.44. The summed E-state index contributed by atoms with van der Waals surface area (Å²) in [7, 11) is 0. The molecule has 2 atom stereocenters. The molecule has 2 amide bonds. The minimum atomic E-state index is -0.366. The number of anilines is 1. The fourth-order valence-electron chi connectivity index (χ4n) is 3.75. The number of carbonyl (C=O) groups excluding carboxylic acids is 2. The molecule has 0 aliphatic rings. The van der Waals surface area contributed by atoms with Gasteiger partial charge in [-0.15, -0.1) is 0 Å². The summed E-state index contributed by atoms with van der Waals surface area (Å²) in [6, 6.07) is 24.0. The quantitative estimate of drug-likeness (QED) is 0.512. The van der Waals surface area contributed by atoms with Gasteiger partial charge in [0.05, 0.1) is 6.54 Å². The molecule has 0 radical (unpaired) electrons. The normalized spacial score (nSPS) is 12.6. The average molecular weight is 431 g/mol. The minimum absolute atomic E-state index is 0.0130. The second kappa shape index (κ2) is 10.7. The van der Waals surface area contributed by atoms with E-state index in [0.29, 0.717) is 0 Å². The highest BCUT2D eigenvalue weighted by molar-refractivity contribution is 5.96. The summed E-state index contributed by atoms with van der Waals surface area (Å²) < 4.78 is 0. The third-order valence-corrected chi connectivity index (χ3v) is 5.66. The Kier molecular flexibility index (Phi) is 7.79. The van der Waals surface area contributed by atoms with Crippen molar-refractivity contribution in [3.05, 3.63) is 101 Å². The molecule has 4 N–H and O–H groups in total. The van der Waals surface area contributed by atoms with E-state index < -0.39 is 0 Å². The molecule has 0 fully saturated rings. The van der Waals surface area contributed by atoms with Crippen molar-refractivity contribution in [1.29, 1.82) is 0 Å². The van der Waals surface area contributed by atoms with E-state index in [2.05, 4.69) is 54.0 Å². The van der Waals surface area contributed by atoms with Gasteiger partial charge in [0.25, 0.3) is 5.91 Å². The monoisotopic (exact) mass is 430 g/mol. The molecule has 3 rings (SSSR count). The van der Waals surface area contributed by atoms with E-state index in [-0.39, 0.29) is 30.4 Å². The molecule has 0 unspecified atom stereocenters. The summed E-state index contributed by atoms with van der Waals surface area (Å²) in [6.07, 6.45) is 0. The van der Waals surface area contributed by atoms with Gasteiger partial charge in [0.1, 0.15) is 6.04 Å². The first-order chi connectivity index (χ1) is 15.3. The van der Waals surface area contributed by atoms with Gasteiger partial charge in [-0.2, -0.15) is 0 Å². The number of rotatable bonds is 8. The number of quaternary nitrogens is 1. The third kappa shape index (κ3) is 6.05. The summed E-state index contributed by atoms with van der Waals surface area (Å²) in [5.41, 5.74) is 6.25. The molecule has 0 heterocycles. The Morgan fingerprint density at radius 3 is 2.03 bits per heavy atom. The second-order valence-electron chi connectivity index (χ2n) is 8.31. The average Bonchev–Trinajstić information content (AvgIpc) is 2.79. The molecule has 3 aromatic carbocycles. The van der Waals surface area contributed by atoms with Crippen LogP contribution in [0.4, 0.5) is 5.69 Å². The molecule has 5 heteroatoms. The van der Waals surface area contributed by atoms with Crippen molar-refractivity contribution >= 4 is 17.5 Å². The lowest BCUT2D eigenvalue weighted by Crippen LogP contribution is -2.92. The first kappa shape index (κ1) is 23.2. The van der Waals surface area contributed by atoms with Crippen LogP contribution in [0, 0.1) is 20.8 Å². The van der Waals surface area contributed by atoms with Crippen molar-refractivity contribution in [2.45, 2.75) is 39.8 Å². The zero-order chi connectivity index (χ0) is 23.1. The molecule has 32 heavy (non-hydrogen) atoms. The zero-order valence-electron chi connectivity index (χ0n) is 19.2. The Morgan fingerprint density at radius 1 is 0.812 bits per heavy atom. The molecule has 0 saturated heterocycles. The lowest BCUT2D eigenvalue weighted by atomic mass is 9.97. The van der Waals surface area contributed by atoms with Crippen LogP contribution in [-0.4, -0.2) is 24.4 Å². The van der Waals surface area contributed by atoms with Gasteiger partial charge >= 0.3 is 0 Å². The highest BCUT2D eigenvalue weighted by Crippen LogP contribution is 2.20. The van der Waals surface area contributed by atoms with Gasteiger partial charge in [0.15, 0.2) is 6.04 Å². The van der Waals surface area contributed by atoms with Crippen LogP contribution in [-0.2, 0) is 9.59 Å². The lowest BCUT2D eigenvalue weighted by molar-refractivity contribution is -0.704. The van der Waals surface area contributed by atoms with Crippen molar-refractivity contribution in [3.63, 3.8) is 0 Å². The summed E-state index contributed by atoms with van der Waals surface area (Å²) in [6.45, 7) is 7.76. The topological polar surface area (TPSA) is 74.8 Å². The van der Waals surface area contributed by atoms with Crippen molar-refractivity contribution in [2.75, 3.05) is 11.9 Å². The van der Waals surface area contributed by atoms with Crippen LogP contribution in [0.1, 0.15) is 40.8 Å². The van der Waals surface area contributed by atoms with Gasteiger partial charge in [-0.25, -0.2) is 0 Å². The number of benzene rings is 3. The van der Waals surface area contributed by atoms with Gasteiger partial charge in [0.2, 0.25) is 5.91 Å². The van der Waals surface area contributed by atoms with Crippen LogP contribution in [0.5, 0.6) is 0 Å². The maximum Gasteiger partial charge on any atom is 0.278 e. The molecule has 0 spiro atoms.